The molecule has 13 heteroatoms. The molecule has 1 heterocycles. The van der Waals surface area contributed by atoms with E-state index in [1.807, 2.05) is 93.6 Å². The van der Waals surface area contributed by atoms with E-state index in [4.69, 9.17) is 14.9 Å². The third-order valence-corrected chi connectivity index (χ3v) is 9.57. The van der Waals surface area contributed by atoms with Gasteiger partial charge < -0.3 is 35.2 Å². The Morgan fingerprint density at radius 3 is 1.93 bits per heavy atom. The van der Waals surface area contributed by atoms with Crippen LogP contribution >= 0.6 is 0 Å². The Morgan fingerprint density at radius 2 is 1.31 bits per heavy atom. The number of ether oxygens (including phenoxy) is 2. The first-order chi connectivity index (χ1) is 27.8. The van der Waals surface area contributed by atoms with E-state index < -0.39 is 23.8 Å². The van der Waals surface area contributed by atoms with Crippen LogP contribution in [0.2, 0.25) is 0 Å². The second kappa shape index (κ2) is 20.8. The minimum atomic E-state index is -0.790. The maximum absolute atomic E-state index is 13.6. The highest BCUT2D eigenvalue weighted by molar-refractivity contribution is 6.04. The number of amides is 4. The van der Waals surface area contributed by atoms with Crippen LogP contribution in [-0.2, 0) is 45.2 Å². The molecule has 1 aliphatic heterocycles. The zero-order valence-electron chi connectivity index (χ0n) is 33.8. The first kappa shape index (κ1) is 42.9. The van der Waals surface area contributed by atoms with Crippen molar-refractivity contribution in [2.45, 2.75) is 77.9 Å². The summed E-state index contributed by atoms with van der Waals surface area (Å²) in [5, 5.41) is 19.8. The molecule has 4 amide bonds. The number of carbonyl (C=O) groups excluding carboxylic acids is 4. The monoisotopic (exact) mass is 789 g/mol. The van der Waals surface area contributed by atoms with Gasteiger partial charge in [0.1, 0.15) is 24.1 Å². The SMILES string of the molecule is C[C@H](NC(=O)[C@@H](CCc1ccccc1)NCc1ccc(N2CCN(C(=O)OC(C)(C)C)CC2)cc1)C(=O)NCc1ccc(C(=N)NC(=O)OCc2ccccc2)cc1. The van der Waals surface area contributed by atoms with E-state index >= 15 is 0 Å². The van der Waals surface area contributed by atoms with Crippen LogP contribution < -0.4 is 26.2 Å². The molecule has 2 atom stereocenters. The lowest BCUT2D eigenvalue weighted by molar-refractivity contribution is -0.129. The topological polar surface area (TPSA) is 165 Å². The summed E-state index contributed by atoms with van der Waals surface area (Å²) < 4.78 is 10.7. The van der Waals surface area contributed by atoms with Crippen molar-refractivity contribution < 1.29 is 28.7 Å². The van der Waals surface area contributed by atoms with Crippen LogP contribution in [0.1, 0.15) is 61.9 Å². The van der Waals surface area contributed by atoms with E-state index in [2.05, 4.69) is 38.3 Å². The second-order valence-corrected chi connectivity index (χ2v) is 15.3. The summed E-state index contributed by atoms with van der Waals surface area (Å²) in [6.45, 7) is 10.6. The van der Waals surface area contributed by atoms with Gasteiger partial charge in [-0.1, -0.05) is 97.1 Å². The molecule has 5 N–H and O–H groups in total. The van der Waals surface area contributed by atoms with Gasteiger partial charge in [0.2, 0.25) is 11.8 Å². The first-order valence-electron chi connectivity index (χ1n) is 19.7. The largest absolute Gasteiger partial charge is 0.444 e. The Kier molecular flexibility index (Phi) is 15.4. The summed E-state index contributed by atoms with van der Waals surface area (Å²) in [5.74, 6) is -0.711. The van der Waals surface area contributed by atoms with Crippen LogP contribution in [-0.4, -0.2) is 78.6 Å². The minimum Gasteiger partial charge on any atom is -0.444 e. The van der Waals surface area contributed by atoms with Crippen molar-refractivity contribution in [2.75, 3.05) is 31.1 Å². The van der Waals surface area contributed by atoms with Crippen molar-refractivity contribution >= 4 is 35.5 Å². The first-order valence-corrected chi connectivity index (χ1v) is 19.7. The molecule has 5 rings (SSSR count). The molecule has 13 nitrogen and oxygen atoms in total. The summed E-state index contributed by atoms with van der Waals surface area (Å²) >= 11 is 0. The predicted molar refractivity (Wildman–Crippen MR) is 224 cm³/mol. The molecule has 0 radical (unpaired) electrons. The van der Waals surface area contributed by atoms with E-state index in [0.717, 1.165) is 27.9 Å². The lowest BCUT2D eigenvalue weighted by Crippen LogP contribution is -2.51. The molecule has 1 fully saturated rings. The molecule has 58 heavy (non-hydrogen) atoms. The molecule has 0 aromatic heterocycles. The van der Waals surface area contributed by atoms with Crippen molar-refractivity contribution in [2.24, 2.45) is 0 Å². The molecule has 4 aromatic rings. The average Bonchev–Trinajstić information content (AvgIpc) is 3.22. The maximum Gasteiger partial charge on any atom is 0.413 e. The van der Waals surface area contributed by atoms with Gasteiger partial charge in [0.15, 0.2) is 0 Å². The fourth-order valence-corrected chi connectivity index (χ4v) is 6.27. The molecule has 0 aliphatic carbocycles. The molecular formula is C45H55N7O6. The number of carbonyl (C=O) groups is 4. The summed E-state index contributed by atoms with van der Waals surface area (Å²) in [6, 6.07) is 33.0. The molecule has 4 aromatic carbocycles. The zero-order valence-corrected chi connectivity index (χ0v) is 33.8. The van der Waals surface area contributed by atoms with Gasteiger partial charge in [-0.2, -0.15) is 0 Å². The van der Waals surface area contributed by atoms with Crippen molar-refractivity contribution in [1.29, 1.82) is 5.41 Å². The predicted octanol–water partition coefficient (Wildman–Crippen LogP) is 5.91. The third kappa shape index (κ3) is 13.8. The van der Waals surface area contributed by atoms with E-state index in [1.165, 1.54) is 0 Å². The summed E-state index contributed by atoms with van der Waals surface area (Å²) in [7, 11) is 0. The highest BCUT2D eigenvalue weighted by Gasteiger charge is 2.26. The molecule has 306 valence electrons. The molecule has 0 spiro atoms. The molecule has 1 aliphatic rings. The zero-order chi connectivity index (χ0) is 41.5. The lowest BCUT2D eigenvalue weighted by Gasteiger charge is -2.36. The van der Waals surface area contributed by atoms with Gasteiger partial charge in [-0.25, -0.2) is 9.59 Å². The minimum absolute atomic E-state index is 0.0950. The second-order valence-electron chi connectivity index (χ2n) is 15.3. The normalized spacial score (nSPS) is 13.8. The Morgan fingerprint density at radius 1 is 0.724 bits per heavy atom. The molecule has 0 saturated carbocycles. The number of alkyl carbamates (subject to hydrolysis) is 1. The lowest BCUT2D eigenvalue weighted by atomic mass is 10.0. The summed E-state index contributed by atoms with van der Waals surface area (Å²) in [4.78, 5) is 55.4. The number of rotatable bonds is 15. The van der Waals surface area contributed by atoms with Gasteiger partial charge in [0.25, 0.3) is 0 Å². The number of amidine groups is 1. The number of aryl methyl sites for hydroxylation is 1. The standard InChI is InChI=1S/C45H55N7O6/c1-32(41(53)48-30-34-15-20-37(21-16-34)40(46)50-43(55)57-31-36-13-9-6-10-14-36)49-42(54)39(24-19-33-11-7-5-8-12-33)47-29-35-17-22-38(23-18-35)51-25-27-52(28-26-51)44(56)58-45(2,3)4/h5-18,20-23,32,39,47H,19,24-31H2,1-4H3,(H,48,53)(H,49,54)(H2,46,50,55)/t32-,39+/m0/s1. The fourth-order valence-electron chi connectivity index (χ4n) is 6.27. The Balaban J connectivity index is 1.08. The van der Waals surface area contributed by atoms with Gasteiger partial charge in [-0.05, 0) is 74.9 Å². The Bertz CT molecular complexity index is 1960. The summed E-state index contributed by atoms with van der Waals surface area (Å²) in [5.41, 5.74) is 4.77. The molecular weight excluding hydrogens is 735 g/mol. The Hall–Kier alpha value is -6.21. The van der Waals surface area contributed by atoms with Crippen molar-refractivity contribution in [3.8, 4) is 0 Å². The number of hydrogen-bond donors (Lipinski definition) is 5. The number of nitrogens with one attached hydrogen (secondary N) is 5. The van der Waals surface area contributed by atoms with Gasteiger partial charge in [0, 0.05) is 50.5 Å². The van der Waals surface area contributed by atoms with Gasteiger partial charge >= 0.3 is 12.2 Å². The highest BCUT2D eigenvalue weighted by atomic mass is 16.6. The number of piperazine rings is 1. The van der Waals surface area contributed by atoms with Crippen LogP contribution in [0.4, 0.5) is 15.3 Å². The van der Waals surface area contributed by atoms with Crippen molar-refractivity contribution in [3.63, 3.8) is 0 Å². The molecule has 0 unspecified atom stereocenters. The number of hydrogen-bond acceptors (Lipinski definition) is 9. The number of anilines is 1. The molecule has 1 saturated heterocycles. The number of benzene rings is 4. The highest BCUT2D eigenvalue weighted by Crippen LogP contribution is 2.19. The van der Waals surface area contributed by atoms with Crippen LogP contribution in [0.3, 0.4) is 0 Å². The quantitative estimate of drug-likeness (QED) is 0.0734. The van der Waals surface area contributed by atoms with Crippen LogP contribution in [0, 0.1) is 5.41 Å². The fraction of sp³-hybridized carbons (Fsp3) is 0.356. The van der Waals surface area contributed by atoms with E-state index in [1.54, 1.807) is 36.1 Å². The third-order valence-electron chi connectivity index (χ3n) is 9.57. The maximum atomic E-state index is 13.6. The van der Waals surface area contributed by atoms with Gasteiger partial charge in [-0.3, -0.25) is 20.3 Å². The smallest absolute Gasteiger partial charge is 0.413 e. The van der Waals surface area contributed by atoms with Gasteiger partial charge in [0.05, 0.1) is 6.04 Å². The summed E-state index contributed by atoms with van der Waals surface area (Å²) in [6.07, 6.45) is 0.202. The van der Waals surface area contributed by atoms with E-state index in [-0.39, 0.29) is 36.9 Å². The molecule has 0 bridgehead atoms. The van der Waals surface area contributed by atoms with Crippen LogP contribution in [0.25, 0.3) is 0 Å². The van der Waals surface area contributed by atoms with Crippen molar-refractivity contribution in [3.05, 3.63) is 137 Å². The van der Waals surface area contributed by atoms with E-state index in [9.17, 15) is 19.2 Å². The van der Waals surface area contributed by atoms with Crippen LogP contribution in [0.5, 0.6) is 0 Å². The Labute approximate surface area is 341 Å². The van der Waals surface area contributed by atoms with Crippen LogP contribution in [0.15, 0.2) is 109 Å². The van der Waals surface area contributed by atoms with Gasteiger partial charge in [-0.15, -0.1) is 0 Å². The number of nitrogens with zero attached hydrogens (tertiary/aromatic N) is 2. The van der Waals surface area contributed by atoms with Crippen molar-refractivity contribution in [1.82, 2.24) is 26.2 Å². The average molecular weight is 790 g/mol. The van der Waals surface area contributed by atoms with E-state index in [0.29, 0.717) is 51.1 Å².